The number of aryl methyl sites for hydroxylation is 2. The Balaban J connectivity index is 0.000000195. The lowest BCUT2D eigenvalue weighted by Crippen LogP contribution is -1.90. The highest BCUT2D eigenvalue weighted by Gasteiger charge is 2.14. The van der Waals surface area contributed by atoms with Gasteiger partial charge in [-0.15, -0.1) is 0 Å². The van der Waals surface area contributed by atoms with Gasteiger partial charge in [-0.25, -0.2) is 0 Å². The Morgan fingerprint density at radius 1 is 0.328 bits per heavy atom. The summed E-state index contributed by atoms with van der Waals surface area (Å²) in [5.74, 6) is 0. The van der Waals surface area contributed by atoms with E-state index in [2.05, 4.69) is 227 Å². The second kappa shape index (κ2) is 17.9. The lowest BCUT2D eigenvalue weighted by molar-refractivity contribution is 1.03. The Morgan fingerprint density at radius 3 is 1.51 bits per heavy atom. The van der Waals surface area contributed by atoms with Crippen LogP contribution >= 0.6 is 0 Å². The van der Waals surface area contributed by atoms with Crippen molar-refractivity contribution in [2.75, 3.05) is 0 Å². The minimum Gasteiger partial charge on any atom is -0.0813 e. The van der Waals surface area contributed by atoms with Crippen LogP contribution in [0.25, 0.3) is 82.0 Å². The lowest BCUT2D eigenvalue weighted by atomic mass is 9.87. The average Bonchev–Trinajstić information content (AvgIpc) is 3.32. The van der Waals surface area contributed by atoms with Crippen LogP contribution in [-0.2, 0) is 0 Å². The lowest BCUT2D eigenvalue weighted by Gasteiger charge is -2.16. The summed E-state index contributed by atoms with van der Waals surface area (Å²) < 4.78 is 0. The molecule has 0 unspecified atom stereocenters. The number of hydrogen-bond donors (Lipinski definition) is 0. The summed E-state index contributed by atoms with van der Waals surface area (Å²) in [6, 6.07) is 76.6. The molecule has 1 aliphatic carbocycles. The predicted octanol–water partition coefficient (Wildman–Crippen LogP) is 17.4. The number of hydrogen-bond acceptors (Lipinski definition) is 0. The van der Waals surface area contributed by atoms with E-state index in [9.17, 15) is 0 Å². The number of rotatable bonds is 4. The third-order valence-corrected chi connectivity index (χ3v) is 11.9. The summed E-state index contributed by atoms with van der Waals surface area (Å²) in [4.78, 5) is 0. The first-order chi connectivity index (χ1) is 30.0. The van der Waals surface area contributed by atoms with Gasteiger partial charge in [0.05, 0.1) is 0 Å². The Morgan fingerprint density at radius 2 is 0.852 bits per heavy atom. The number of benzene rings is 10. The van der Waals surface area contributed by atoms with Crippen LogP contribution in [0.2, 0.25) is 0 Å². The van der Waals surface area contributed by atoms with Crippen LogP contribution in [0.1, 0.15) is 36.5 Å². The van der Waals surface area contributed by atoms with E-state index in [0.29, 0.717) is 0 Å². The van der Waals surface area contributed by atoms with Crippen LogP contribution in [0.3, 0.4) is 0 Å². The molecule has 0 nitrogen and oxygen atoms in total. The standard InChI is InChI=1S/C41H28.C13H14.C7H8/c1-27-10-8-13-31(24-27)34-22-20-28-11-2-3-15-33(28)41(34)32-14-9-12-29(25-32)30-21-23-39-37-18-5-4-16-35(37)36-17-6-7-19-38(36)40(39)26-30;1-11-6-5-9-13(10-11)12-7-3-2-4-8-12;1-7-5-3-2-4-6-7/h2-26H,1H3;2-4,6-8,10H,5,9H2,1H3;2-6H,1H3. The van der Waals surface area contributed by atoms with Gasteiger partial charge < -0.3 is 0 Å². The first-order valence-corrected chi connectivity index (χ1v) is 21.5. The second-order valence-corrected chi connectivity index (χ2v) is 16.2. The van der Waals surface area contributed by atoms with Gasteiger partial charge in [0.2, 0.25) is 0 Å². The zero-order valence-electron chi connectivity index (χ0n) is 35.3. The Kier molecular flexibility index (Phi) is 11.5. The first-order valence-electron chi connectivity index (χ1n) is 21.5. The molecule has 0 bridgehead atoms. The fourth-order valence-corrected chi connectivity index (χ4v) is 8.85. The first kappa shape index (κ1) is 39.2. The highest BCUT2D eigenvalue weighted by molar-refractivity contribution is 6.25. The van der Waals surface area contributed by atoms with E-state index in [1.54, 1.807) is 0 Å². The SMILES string of the molecule is CC1=CCCC(c2ccccc2)=C1.Cc1cccc(-c2ccc3ccccc3c2-c2cccc(-c3ccc4c5ccccc5c5ccccc5c4c3)c2)c1.Cc1ccccc1. The highest BCUT2D eigenvalue weighted by Crippen LogP contribution is 2.41. The molecule has 0 radical (unpaired) electrons. The molecule has 11 rings (SSSR count). The number of allylic oxidation sites excluding steroid dienone is 4. The Hall–Kier alpha value is -7.28. The van der Waals surface area contributed by atoms with Gasteiger partial charge in [0.15, 0.2) is 0 Å². The van der Waals surface area contributed by atoms with Crippen molar-refractivity contribution in [2.24, 2.45) is 0 Å². The summed E-state index contributed by atoms with van der Waals surface area (Å²) in [7, 11) is 0. The zero-order chi connectivity index (χ0) is 41.5. The van der Waals surface area contributed by atoms with Gasteiger partial charge in [-0.05, 0) is 133 Å². The van der Waals surface area contributed by atoms with Crippen LogP contribution in [0.15, 0.2) is 230 Å². The fraction of sp³-hybridized carbons (Fsp3) is 0.0820. The van der Waals surface area contributed by atoms with Gasteiger partial charge in [-0.1, -0.05) is 229 Å². The van der Waals surface area contributed by atoms with E-state index in [1.165, 1.54) is 117 Å². The van der Waals surface area contributed by atoms with E-state index in [4.69, 9.17) is 0 Å². The molecule has 0 N–H and O–H groups in total. The highest BCUT2D eigenvalue weighted by atomic mass is 14.2. The van der Waals surface area contributed by atoms with Crippen molar-refractivity contribution in [3.05, 3.63) is 247 Å². The van der Waals surface area contributed by atoms with Crippen molar-refractivity contribution in [1.82, 2.24) is 0 Å². The van der Waals surface area contributed by atoms with Crippen LogP contribution in [-0.4, -0.2) is 0 Å². The molecular weight excluding hydrogens is 733 g/mol. The third-order valence-electron chi connectivity index (χ3n) is 11.9. The van der Waals surface area contributed by atoms with Crippen molar-refractivity contribution in [1.29, 1.82) is 0 Å². The van der Waals surface area contributed by atoms with Gasteiger partial charge in [-0.3, -0.25) is 0 Å². The minimum absolute atomic E-state index is 1.18. The molecule has 0 heterocycles. The summed E-state index contributed by atoms with van der Waals surface area (Å²) in [6.07, 6.45) is 6.96. The van der Waals surface area contributed by atoms with Crippen molar-refractivity contribution in [3.8, 4) is 33.4 Å². The molecule has 61 heavy (non-hydrogen) atoms. The van der Waals surface area contributed by atoms with Crippen LogP contribution in [0.5, 0.6) is 0 Å². The molecule has 1 aliphatic rings. The average molecular weight is 783 g/mol. The van der Waals surface area contributed by atoms with E-state index in [-0.39, 0.29) is 0 Å². The Bertz CT molecular complexity index is 3160. The molecule has 0 aromatic heterocycles. The molecule has 0 atom stereocenters. The third kappa shape index (κ3) is 8.58. The van der Waals surface area contributed by atoms with Gasteiger partial charge in [-0.2, -0.15) is 0 Å². The predicted molar refractivity (Wildman–Crippen MR) is 266 cm³/mol. The number of fused-ring (bicyclic) bond motifs is 7. The van der Waals surface area contributed by atoms with Gasteiger partial charge in [0.1, 0.15) is 0 Å². The summed E-state index contributed by atoms with van der Waals surface area (Å²) in [5.41, 5.74) is 14.3. The van der Waals surface area contributed by atoms with Gasteiger partial charge >= 0.3 is 0 Å². The van der Waals surface area contributed by atoms with E-state index >= 15 is 0 Å². The van der Waals surface area contributed by atoms with E-state index < -0.39 is 0 Å². The van der Waals surface area contributed by atoms with E-state index in [0.717, 1.165) is 0 Å². The van der Waals surface area contributed by atoms with Crippen molar-refractivity contribution < 1.29 is 0 Å². The van der Waals surface area contributed by atoms with Crippen LogP contribution < -0.4 is 0 Å². The van der Waals surface area contributed by atoms with Crippen molar-refractivity contribution in [3.63, 3.8) is 0 Å². The van der Waals surface area contributed by atoms with Crippen molar-refractivity contribution in [2.45, 2.75) is 33.6 Å². The van der Waals surface area contributed by atoms with Gasteiger partial charge in [0, 0.05) is 0 Å². The molecule has 0 saturated carbocycles. The molecule has 0 aliphatic heterocycles. The molecular formula is C61H50. The summed E-state index contributed by atoms with van der Waals surface area (Å²) in [6.45, 7) is 6.42. The Labute approximate surface area is 360 Å². The quantitative estimate of drug-likeness (QED) is 0.156. The monoisotopic (exact) mass is 782 g/mol. The zero-order valence-corrected chi connectivity index (χ0v) is 35.3. The normalized spacial score (nSPS) is 12.2. The molecule has 10 aromatic rings. The largest absolute Gasteiger partial charge is 0.0813 e. The molecule has 0 fully saturated rings. The summed E-state index contributed by atoms with van der Waals surface area (Å²) in [5, 5.41) is 10.4. The smallest absolute Gasteiger partial charge is 0.00266 e. The molecule has 0 saturated heterocycles. The van der Waals surface area contributed by atoms with Gasteiger partial charge in [0.25, 0.3) is 0 Å². The molecule has 0 heteroatoms. The van der Waals surface area contributed by atoms with Crippen molar-refractivity contribution >= 4 is 48.7 Å². The maximum Gasteiger partial charge on any atom is -0.00266 e. The van der Waals surface area contributed by atoms with Crippen LogP contribution in [0, 0.1) is 13.8 Å². The molecule has 0 spiro atoms. The van der Waals surface area contributed by atoms with Crippen LogP contribution in [0.4, 0.5) is 0 Å². The second-order valence-electron chi connectivity index (χ2n) is 16.2. The topological polar surface area (TPSA) is 0 Å². The molecule has 10 aromatic carbocycles. The molecule has 0 amide bonds. The van der Waals surface area contributed by atoms with E-state index in [1.807, 2.05) is 18.2 Å². The maximum atomic E-state index is 2.38. The maximum absolute atomic E-state index is 2.38. The molecule has 294 valence electrons. The minimum atomic E-state index is 1.18. The summed E-state index contributed by atoms with van der Waals surface area (Å²) >= 11 is 0. The fourth-order valence-electron chi connectivity index (χ4n) is 8.85.